The molecule has 4 fully saturated rings. The Hall–Kier alpha value is -4.56. The van der Waals surface area contributed by atoms with Gasteiger partial charge in [0.25, 0.3) is 0 Å². The molecule has 4 aliphatic heterocycles. The molecule has 2 aromatic carbocycles. The molecule has 4 heterocycles. The molecule has 4 atom stereocenters. The van der Waals surface area contributed by atoms with E-state index in [2.05, 4.69) is 14.1 Å². The van der Waals surface area contributed by atoms with Crippen LogP contribution in [0.3, 0.4) is 0 Å². The van der Waals surface area contributed by atoms with Crippen LogP contribution in [0.25, 0.3) is 0 Å². The van der Waals surface area contributed by atoms with Gasteiger partial charge in [-0.05, 0) is 24.3 Å². The molecule has 0 N–H and O–H groups in total. The predicted molar refractivity (Wildman–Crippen MR) is 203 cm³/mol. The van der Waals surface area contributed by atoms with Gasteiger partial charge in [-0.25, -0.2) is 0 Å². The molecule has 0 aromatic heterocycles. The molecule has 14 nitrogen and oxygen atoms in total. The van der Waals surface area contributed by atoms with Gasteiger partial charge < -0.3 is 46.9 Å². The molecule has 0 radical (unpaired) electrons. The lowest BCUT2D eigenvalue weighted by molar-refractivity contribution is -0.961. The maximum atomic E-state index is 13.0. The van der Waals surface area contributed by atoms with Crippen molar-refractivity contribution in [1.29, 1.82) is 0 Å². The number of ether oxygens (including phenoxy) is 8. The molecule has 4 aliphatic rings. The molecule has 0 aliphatic carbocycles. The van der Waals surface area contributed by atoms with Gasteiger partial charge in [0.2, 0.25) is 11.5 Å². The van der Waals surface area contributed by atoms with Gasteiger partial charge in [0.15, 0.2) is 23.0 Å². The van der Waals surface area contributed by atoms with Crippen LogP contribution in [-0.4, -0.2) is 112 Å². The molecule has 14 heteroatoms. The fraction of sp³-hybridized carbons (Fsp3) is 0.619. The zero-order valence-electron chi connectivity index (χ0n) is 34.1. The molecule has 0 amide bonds. The Kier molecular flexibility index (Phi) is 12.4. The highest BCUT2D eigenvalue weighted by Gasteiger charge is 2.54. The molecule has 4 saturated heterocycles. The van der Waals surface area contributed by atoms with Crippen LogP contribution in [0.2, 0.25) is 0 Å². The monoisotopic (exact) mass is 782 g/mol. The van der Waals surface area contributed by atoms with E-state index in [1.165, 1.54) is 42.3 Å². The van der Waals surface area contributed by atoms with E-state index >= 15 is 0 Å². The SMILES string of the molecule is COc1cc(C[N+]2(C)C3CCC2CC(OC(=O)CCC(=O)OC2CC4CCC(C2)[N+]4(C)Cc2cc(OC)c(OC(C)=O)c(OC)c2)C3)cc(OC)c1OC(C)=O. The first-order valence-electron chi connectivity index (χ1n) is 19.6. The summed E-state index contributed by atoms with van der Waals surface area (Å²) in [5.74, 6) is 0.641. The first-order valence-corrected chi connectivity index (χ1v) is 19.6. The Labute approximate surface area is 329 Å². The number of nitrogens with zero attached hydrogens (tertiary/aromatic N) is 2. The van der Waals surface area contributed by atoms with Crippen LogP contribution < -0.4 is 28.4 Å². The Morgan fingerprint density at radius 1 is 0.536 bits per heavy atom. The van der Waals surface area contributed by atoms with Crippen molar-refractivity contribution in [3.8, 4) is 34.5 Å². The summed E-state index contributed by atoms with van der Waals surface area (Å²) in [6.07, 6.45) is 6.74. The van der Waals surface area contributed by atoms with Crippen LogP contribution in [0.5, 0.6) is 34.5 Å². The van der Waals surface area contributed by atoms with Crippen LogP contribution in [0.15, 0.2) is 24.3 Å². The maximum Gasteiger partial charge on any atom is 0.308 e. The van der Waals surface area contributed by atoms with Crippen molar-refractivity contribution in [2.45, 2.75) is 128 Å². The standard InChI is InChI=1S/C42H58N2O12/c1-25(45)53-41-35(49-5)15-27(16-36(41)50-6)23-43(3)29-9-10-30(43)20-33(19-29)55-39(47)13-14-40(48)56-34-21-31-11-12-32(22-34)44(31,4)24-28-17-37(51-7)42(54-26(2)46)38(18-28)52-8/h15-18,29-34H,9-14,19-24H2,1-8H3/q+2. The van der Waals surface area contributed by atoms with E-state index in [9.17, 15) is 19.2 Å². The minimum Gasteiger partial charge on any atom is -0.493 e. The summed E-state index contributed by atoms with van der Waals surface area (Å²) >= 11 is 0. The van der Waals surface area contributed by atoms with Crippen molar-refractivity contribution in [3.05, 3.63) is 35.4 Å². The van der Waals surface area contributed by atoms with Crippen LogP contribution in [0, 0.1) is 0 Å². The van der Waals surface area contributed by atoms with Crippen LogP contribution in [0.4, 0.5) is 0 Å². The number of rotatable bonds is 15. The van der Waals surface area contributed by atoms with Crippen molar-refractivity contribution < 1.29 is 66.0 Å². The van der Waals surface area contributed by atoms with Gasteiger partial charge in [0, 0.05) is 76.3 Å². The fourth-order valence-corrected chi connectivity index (χ4v) is 10.1. The van der Waals surface area contributed by atoms with Gasteiger partial charge in [0.1, 0.15) is 25.3 Å². The van der Waals surface area contributed by atoms with Gasteiger partial charge >= 0.3 is 23.9 Å². The third kappa shape index (κ3) is 8.56. The number of carbonyl (C=O) groups excluding carboxylic acids is 4. The average molecular weight is 783 g/mol. The number of fused-ring (bicyclic) bond motifs is 4. The summed E-state index contributed by atoms with van der Waals surface area (Å²) in [6, 6.07) is 8.80. The minimum absolute atomic E-state index is 0.00851. The number of methoxy groups -OCH3 is 4. The molecule has 6 rings (SSSR count). The molecular weight excluding hydrogens is 724 g/mol. The summed E-state index contributed by atoms with van der Waals surface area (Å²) in [7, 11) is 10.7. The lowest BCUT2D eigenvalue weighted by atomic mass is 9.95. The number of quaternary nitrogens is 2. The predicted octanol–water partition coefficient (Wildman–Crippen LogP) is 5.42. The highest BCUT2D eigenvalue weighted by Crippen LogP contribution is 2.47. The van der Waals surface area contributed by atoms with Gasteiger partial charge in [-0.2, -0.15) is 0 Å². The lowest BCUT2D eigenvalue weighted by Crippen LogP contribution is -2.58. The number of benzene rings is 2. The van der Waals surface area contributed by atoms with Crippen molar-refractivity contribution in [3.63, 3.8) is 0 Å². The van der Waals surface area contributed by atoms with E-state index in [0.717, 1.165) is 84.5 Å². The Bertz CT molecular complexity index is 1600. The average Bonchev–Trinajstić information content (AvgIpc) is 3.38. The van der Waals surface area contributed by atoms with Crippen molar-refractivity contribution >= 4 is 23.9 Å². The topological polar surface area (TPSA) is 142 Å². The molecule has 2 aromatic rings. The van der Waals surface area contributed by atoms with E-state index in [0.29, 0.717) is 47.2 Å². The molecular formula is C42H58N2O12+2. The number of esters is 4. The first kappa shape index (κ1) is 41.1. The van der Waals surface area contributed by atoms with Gasteiger partial charge in [-0.1, -0.05) is 0 Å². The number of hydrogen-bond acceptors (Lipinski definition) is 12. The summed E-state index contributed by atoms with van der Waals surface area (Å²) in [5.41, 5.74) is 2.01. The molecule has 4 unspecified atom stereocenters. The molecule has 4 bridgehead atoms. The van der Waals surface area contributed by atoms with Gasteiger partial charge in [-0.3, -0.25) is 19.2 Å². The summed E-state index contributed by atoms with van der Waals surface area (Å²) < 4.78 is 46.6. The maximum absolute atomic E-state index is 13.0. The first-order chi connectivity index (χ1) is 26.7. The Balaban J connectivity index is 0.985. The van der Waals surface area contributed by atoms with Crippen LogP contribution in [-0.2, 0) is 41.7 Å². The minimum atomic E-state index is -0.456. The van der Waals surface area contributed by atoms with E-state index in [1.807, 2.05) is 24.3 Å². The number of carbonyl (C=O) groups is 4. The number of hydrogen-bond donors (Lipinski definition) is 0. The molecule has 306 valence electrons. The third-order valence-electron chi connectivity index (χ3n) is 12.9. The second-order valence-corrected chi connectivity index (χ2v) is 16.3. The quantitative estimate of drug-likeness (QED) is 0.129. The highest BCUT2D eigenvalue weighted by atomic mass is 16.6. The van der Waals surface area contributed by atoms with Crippen LogP contribution in [0.1, 0.15) is 89.2 Å². The van der Waals surface area contributed by atoms with Gasteiger partial charge in [-0.15, -0.1) is 0 Å². The van der Waals surface area contributed by atoms with Crippen molar-refractivity contribution in [1.82, 2.24) is 0 Å². The largest absolute Gasteiger partial charge is 0.493 e. The molecule has 56 heavy (non-hydrogen) atoms. The summed E-state index contributed by atoms with van der Waals surface area (Å²) in [6.45, 7) is 4.13. The smallest absolute Gasteiger partial charge is 0.308 e. The van der Waals surface area contributed by atoms with Gasteiger partial charge in [0.05, 0.1) is 79.5 Å². The van der Waals surface area contributed by atoms with Crippen molar-refractivity contribution in [2.75, 3.05) is 42.5 Å². The van der Waals surface area contributed by atoms with Crippen molar-refractivity contribution in [2.24, 2.45) is 0 Å². The summed E-state index contributed by atoms with van der Waals surface area (Å²) in [5, 5.41) is 0. The molecule has 0 spiro atoms. The highest BCUT2D eigenvalue weighted by molar-refractivity contribution is 5.78. The lowest BCUT2D eigenvalue weighted by Gasteiger charge is -2.47. The van der Waals surface area contributed by atoms with Crippen LogP contribution >= 0.6 is 0 Å². The van der Waals surface area contributed by atoms with E-state index in [-0.39, 0.29) is 48.5 Å². The van der Waals surface area contributed by atoms with E-state index in [1.54, 1.807) is 0 Å². The van der Waals surface area contributed by atoms with E-state index < -0.39 is 11.9 Å². The number of piperidine rings is 2. The zero-order valence-corrected chi connectivity index (χ0v) is 34.1. The van der Waals surface area contributed by atoms with E-state index in [4.69, 9.17) is 37.9 Å². The Morgan fingerprint density at radius 3 is 1.07 bits per heavy atom. The fourth-order valence-electron chi connectivity index (χ4n) is 10.1. The second kappa shape index (κ2) is 16.9. The second-order valence-electron chi connectivity index (χ2n) is 16.3. The molecule has 0 saturated carbocycles. The zero-order chi connectivity index (χ0) is 40.4. The third-order valence-corrected chi connectivity index (χ3v) is 12.9. The Morgan fingerprint density at radius 2 is 0.821 bits per heavy atom. The summed E-state index contributed by atoms with van der Waals surface area (Å²) in [4.78, 5) is 49.5. The normalized spacial score (nSPS) is 28.9.